The number of fused-ring (bicyclic) bond motifs is 1. The van der Waals surface area contributed by atoms with Gasteiger partial charge in [-0.15, -0.1) is 0 Å². The van der Waals surface area contributed by atoms with Gasteiger partial charge in [0.2, 0.25) is 0 Å². The summed E-state index contributed by atoms with van der Waals surface area (Å²) in [4.78, 5) is 37.4. The Morgan fingerprint density at radius 2 is 1.91 bits per heavy atom. The number of aromatic nitrogens is 4. The maximum Gasteiger partial charge on any atom is 0.408 e. The van der Waals surface area contributed by atoms with E-state index in [1.807, 2.05) is 34.9 Å². The summed E-state index contributed by atoms with van der Waals surface area (Å²) in [6.07, 6.45) is 3.22. The van der Waals surface area contributed by atoms with Crippen LogP contribution < -0.4 is 11.1 Å². The van der Waals surface area contributed by atoms with Gasteiger partial charge >= 0.3 is 12.1 Å². The lowest BCUT2D eigenvalue weighted by Gasteiger charge is -2.23. The highest BCUT2D eigenvalue weighted by molar-refractivity contribution is 5.82. The fourth-order valence-electron chi connectivity index (χ4n) is 3.06. The first-order valence-corrected chi connectivity index (χ1v) is 10.3. The Morgan fingerprint density at radius 3 is 2.62 bits per heavy atom. The molecule has 3 aromatic rings. The number of anilines is 1. The van der Waals surface area contributed by atoms with Crippen LogP contribution in [0.15, 0.2) is 43.0 Å². The largest absolute Gasteiger partial charge is 0.459 e. The molecule has 2 aromatic heterocycles. The number of rotatable bonds is 8. The van der Waals surface area contributed by atoms with Gasteiger partial charge in [0.05, 0.1) is 6.33 Å². The summed E-state index contributed by atoms with van der Waals surface area (Å²) < 4.78 is 12.6. The molecule has 10 heteroatoms. The van der Waals surface area contributed by atoms with Crippen LogP contribution >= 0.6 is 0 Å². The maximum atomic E-state index is 12.7. The lowest BCUT2D eigenvalue weighted by molar-refractivity contribution is -0.147. The third-order valence-corrected chi connectivity index (χ3v) is 4.52. The molecule has 0 aliphatic rings. The van der Waals surface area contributed by atoms with Crippen molar-refractivity contribution >= 4 is 29.0 Å². The molecular formula is C22H28N6O4. The summed E-state index contributed by atoms with van der Waals surface area (Å²) >= 11 is 0. The molecule has 0 radical (unpaired) electrons. The minimum atomic E-state index is -0.858. The normalized spacial score (nSPS) is 12.3. The molecule has 1 amide bonds. The van der Waals surface area contributed by atoms with Crippen molar-refractivity contribution in [3.05, 3.63) is 48.5 Å². The van der Waals surface area contributed by atoms with E-state index in [0.29, 0.717) is 36.4 Å². The topological polar surface area (TPSA) is 134 Å². The monoisotopic (exact) mass is 440 g/mol. The minimum absolute atomic E-state index is 0.120. The second-order valence-electron chi connectivity index (χ2n) is 8.30. The highest BCUT2D eigenvalue weighted by atomic mass is 16.6. The average Bonchev–Trinajstić information content (AvgIpc) is 3.15. The molecule has 0 saturated heterocycles. The zero-order valence-corrected chi connectivity index (χ0v) is 18.4. The number of nitrogens with two attached hydrogens (primary N) is 1. The number of hydrogen-bond donors (Lipinski definition) is 2. The number of carbonyl (C=O) groups excluding carboxylic acids is 2. The quantitative estimate of drug-likeness (QED) is 0.511. The fraction of sp³-hybridized carbons (Fsp3) is 0.409. The third kappa shape index (κ3) is 6.40. The number of aryl methyl sites for hydroxylation is 1. The van der Waals surface area contributed by atoms with Crippen molar-refractivity contribution in [2.45, 2.75) is 58.4 Å². The van der Waals surface area contributed by atoms with E-state index < -0.39 is 23.7 Å². The number of nitrogens with zero attached hydrogens (tertiary/aromatic N) is 4. The summed E-state index contributed by atoms with van der Waals surface area (Å²) in [6.45, 7) is 5.91. The lowest BCUT2D eigenvalue weighted by Crippen LogP contribution is -2.44. The van der Waals surface area contributed by atoms with E-state index in [2.05, 4.69) is 20.3 Å². The Balaban J connectivity index is 1.63. The first-order chi connectivity index (χ1) is 15.2. The van der Waals surface area contributed by atoms with Gasteiger partial charge in [-0.3, -0.25) is 0 Å². The summed E-state index contributed by atoms with van der Waals surface area (Å²) in [6, 6.07) is 8.48. The zero-order chi connectivity index (χ0) is 23.1. The van der Waals surface area contributed by atoms with Gasteiger partial charge in [-0.1, -0.05) is 30.3 Å². The van der Waals surface area contributed by atoms with E-state index in [1.54, 1.807) is 27.1 Å². The fourth-order valence-corrected chi connectivity index (χ4v) is 3.06. The molecule has 1 atom stereocenters. The van der Waals surface area contributed by atoms with Gasteiger partial charge in [0, 0.05) is 6.54 Å². The summed E-state index contributed by atoms with van der Waals surface area (Å²) in [7, 11) is 0. The van der Waals surface area contributed by atoms with Crippen molar-refractivity contribution in [3.63, 3.8) is 0 Å². The number of imidazole rings is 1. The maximum absolute atomic E-state index is 12.7. The standard InChI is InChI=1S/C22H28N6O4/c1-22(2,3)32-21(30)27-16(20(29)31-12-15-8-5-4-6-9-15)10-7-11-28-14-26-17-18(23)24-13-25-19(17)28/h4-6,8-9,13-14,16H,7,10-12H2,1-3H3,(H,27,30)(H2,23,24,25)/t16-/m0/s1. The molecule has 0 fully saturated rings. The average molecular weight is 441 g/mol. The molecule has 3 N–H and O–H groups in total. The van der Waals surface area contributed by atoms with E-state index in [4.69, 9.17) is 15.2 Å². The molecule has 0 spiro atoms. The summed E-state index contributed by atoms with van der Waals surface area (Å²) in [5.41, 5.74) is 7.14. The van der Waals surface area contributed by atoms with Crippen LogP contribution in [0.5, 0.6) is 0 Å². The predicted molar refractivity (Wildman–Crippen MR) is 118 cm³/mol. The molecule has 32 heavy (non-hydrogen) atoms. The van der Waals surface area contributed by atoms with Crippen LogP contribution in [0.2, 0.25) is 0 Å². The van der Waals surface area contributed by atoms with E-state index in [-0.39, 0.29) is 6.61 Å². The number of hydrogen-bond acceptors (Lipinski definition) is 8. The summed E-state index contributed by atoms with van der Waals surface area (Å²) in [5, 5.41) is 2.63. The molecular weight excluding hydrogens is 412 g/mol. The van der Waals surface area contributed by atoms with Gasteiger partial charge in [0.25, 0.3) is 0 Å². The molecule has 3 rings (SSSR count). The van der Waals surface area contributed by atoms with Crippen molar-refractivity contribution in [2.75, 3.05) is 5.73 Å². The van der Waals surface area contributed by atoms with Crippen LogP contribution in [-0.2, 0) is 27.4 Å². The molecule has 170 valence electrons. The van der Waals surface area contributed by atoms with Crippen molar-refractivity contribution in [3.8, 4) is 0 Å². The molecule has 0 saturated carbocycles. The molecule has 2 heterocycles. The SMILES string of the molecule is CC(C)(C)OC(=O)N[C@@H](CCCn1cnc2c(N)ncnc21)C(=O)OCc1ccccc1. The van der Waals surface area contributed by atoms with Crippen molar-refractivity contribution in [2.24, 2.45) is 0 Å². The van der Waals surface area contributed by atoms with Crippen molar-refractivity contribution < 1.29 is 19.1 Å². The van der Waals surface area contributed by atoms with E-state index in [1.165, 1.54) is 6.33 Å². The molecule has 0 unspecified atom stereocenters. The van der Waals surface area contributed by atoms with Crippen LogP contribution in [0.4, 0.5) is 10.6 Å². The van der Waals surface area contributed by atoms with Crippen LogP contribution in [-0.4, -0.2) is 43.2 Å². The highest BCUT2D eigenvalue weighted by Gasteiger charge is 2.25. The number of amides is 1. The Hall–Kier alpha value is -3.69. The number of carbonyl (C=O) groups is 2. The number of esters is 1. The second kappa shape index (κ2) is 10.1. The van der Waals surface area contributed by atoms with Crippen LogP contribution in [0.1, 0.15) is 39.2 Å². The first kappa shape index (κ1) is 23.0. The van der Waals surface area contributed by atoms with Gasteiger partial charge in [0.1, 0.15) is 30.1 Å². The number of alkyl carbamates (subject to hydrolysis) is 1. The van der Waals surface area contributed by atoms with Crippen LogP contribution in [0, 0.1) is 0 Å². The van der Waals surface area contributed by atoms with Crippen molar-refractivity contribution in [1.82, 2.24) is 24.8 Å². The van der Waals surface area contributed by atoms with Gasteiger partial charge in [-0.25, -0.2) is 24.5 Å². The Kier molecular flexibility index (Phi) is 7.24. The first-order valence-electron chi connectivity index (χ1n) is 10.3. The second-order valence-corrected chi connectivity index (χ2v) is 8.30. The lowest BCUT2D eigenvalue weighted by atomic mass is 10.1. The number of ether oxygens (including phenoxy) is 2. The Morgan fingerprint density at radius 1 is 1.16 bits per heavy atom. The van der Waals surface area contributed by atoms with Gasteiger partial charge in [0.15, 0.2) is 11.5 Å². The molecule has 0 aliphatic carbocycles. The molecule has 0 aliphatic heterocycles. The number of benzene rings is 1. The Labute approximate surface area is 186 Å². The third-order valence-electron chi connectivity index (χ3n) is 4.52. The molecule has 0 bridgehead atoms. The number of nitrogens with one attached hydrogen (secondary N) is 1. The number of nitrogen functional groups attached to an aromatic ring is 1. The van der Waals surface area contributed by atoms with Crippen molar-refractivity contribution in [1.29, 1.82) is 0 Å². The zero-order valence-electron chi connectivity index (χ0n) is 18.4. The predicted octanol–water partition coefficient (Wildman–Crippen LogP) is 2.83. The Bertz CT molecular complexity index is 1060. The molecule has 10 nitrogen and oxygen atoms in total. The van der Waals surface area contributed by atoms with E-state index >= 15 is 0 Å². The summed E-state index contributed by atoms with van der Waals surface area (Å²) in [5.74, 6) is -0.218. The minimum Gasteiger partial charge on any atom is -0.459 e. The van der Waals surface area contributed by atoms with Crippen LogP contribution in [0.25, 0.3) is 11.2 Å². The molecule has 1 aromatic carbocycles. The van der Waals surface area contributed by atoms with E-state index in [0.717, 1.165) is 5.56 Å². The van der Waals surface area contributed by atoms with Gasteiger partial charge in [-0.05, 0) is 39.2 Å². The van der Waals surface area contributed by atoms with Crippen LogP contribution in [0.3, 0.4) is 0 Å². The van der Waals surface area contributed by atoms with E-state index in [9.17, 15) is 9.59 Å². The van der Waals surface area contributed by atoms with Gasteiger partial charge in [-0.2, -0.15) is 0 Å². The smallest absolute Gasteiger partial charge is 0.408 e. The highest BCUT2D eigenvalue weighted by Crippen LogP contribution is 2.16. The van der Waals surface area contributed by atoms with Gasteiger partial charge < -0.3 is 25.1 Å².